The molecule has 25 heavy (non-hydrogen) atoms. The van der Waals surface area contributed by atoms with Gasteiger partial charge in [-0.1, -0.05) is 40.9 Å². The minimum absolute atomic E-state index is 0.00477. The van der Waals surface area contributed by atoms with Crippen LogP contribution in [0.5, 0.6) is 0 Å². The number of anilines is 2. The van der Waals surface area contributed by atoms with Crippen LogP contribution in [0.2, 0.25) is 15.1 Å². The molecule has 0 aliphatic carbocycles. The van der Waals surface area contributed by atoms with Crippen LogP contribution in [0.4, 0.5) is 11.4 Å². The molecule has 0 saturated carbocycles. The zero-order chi connectivity index (χ0) is 18.7. The Balaban J connectivity index is 2.05. The van der Waals surface area contributed by atoms with Gasteiger partial charge < -0.3 is 15.8 Å². The van der Waals surface area contributed by atoms with Crippen LogP contribution in [-0.2, 0) is 9.53 Å². The number of benzene rings is 2. The maximum atomic E-state index is 12.1. The normalized spacial score (nSPS) is 10.4. The first-order valence-electron chi connectivity index (χ1n) is 7.17. The Kier molecular flexibility index (Phi) is 6.16. The second-order valence-corrected chi connectivity index (χ2v) is 6.66. The van der Waals surface area contributed by atoms with Gasteiger partial charge in [-0.05, 0) is 43.2 Å². The molecule has 0 spiro atoms. The quantitative estimate of drug-likeness (QED) is 0.577. The van der Waals surface area contributed by atoms with Crippen molar-refractivity contribution < 1.29 is 14.3 Å². The number of esters is 1. The van der Waals surface area contributed by atoms with Crippen LogP contribution in [0.3, 0.4) is 0 Å². The molecule has 0 bridgehead atoms. The maximum Gasteiger partial charge on any atom is 0.340 e. The van der Waals surface area contributed by atoms with Crippen molar-refractivity contribution >= 4 is 58.1 Å². The molecule has 0 radical (unpaired) electrons. The smallest absolute Gasteiger partial charge is 0.340 e. The summed E-state index contributed by atoms with van der Waals surface area (Å²) >= 11 is 17.8. The third-order valence-electron chi connectivity index (χ3n) is 3.34. The topological polar surface area (TPSA) is 81.4 Å². The first kappa shape index (κ1) is 19.4. The van der Waals surface area contributed by atoms with Gasteiger partial charge in [0.25, 0.3) is 5.91 Å². The number of hydrogen-bond donors (Lipinski definition) is 2. The molecule has 0 aromatic heterocycles. The molecule has 0 aliphatic heterocycles. The van der Waals surface area contributed by atoms with Gasteiger partial charge in [-0.2, -0.15) is 0 Å². The van der Waals surface area contributed by atoms with Crippen LogP contribution in [0.25, 0.3) is 0 Å². The van der Waals surface area contributed by atoms with Gasteiger partial charge in [0.05, 0.1) is 27.0 Å². The third-order valence-corrected chi connectivity index (χ3v) is 4.17. The molecule has 0 heterocycles. The summed E-state index contributed by atoms with van der Waals surface area (Å²) in [5, 5.41) is 3.39. The molecule has 2 aromatic carbocycles. The van der Waals surface area contributed by atoms with Gasteiger partial charge in [0.1, 0.15) is 0 Å². The SMILES string of the molecule is Cc1cc(C)c(NC(=O)COC(=O)c2cc(Cl)cc(Cl)c2N)c(Cl)c1. The van der Waals surface area contributed by atoms with Crippen LogP contribution in [0.15, 0.2) is 24.3 Å². The molecular formula is C17H15Cl3N2O3. The van der Waals surface area contributed by atoms with E-state index in [1.165, 1.54) is 12.1 Å². The van der Waals surface area contributed by atoms with Crippen molar-refractivity contribution in [2.75, 3.05) is 17.7 Å². The summed E-state index contributed by atoms with van der Waals surface area (Å²) in [7, 11) is 0. The highest BCUT2D eigenvalue weighted by molar-refractivity contribution is 6.37. The summed E-state index contributed by atoms with van der Waals surface area (Å²) in [5.41, 5.74) is 8.00. The molecule has 2 aromatic rings. The van der Waals surface area contributed by atoms with Crippen molar-refractivity contribution in [3.05, 3.63) is 56.0 Å². The van der Waals surface area contributed by atoms with E-state index in [0.717, 1.165) is 11.1 Å². The molecule has 0 fully saturated rings. The standard InChI is InChI=1S/C17H15Cl3N2O3/c1-8-3-9(2)16(13(20)4-8)22-14(23)7-25-17(24)11-5-10(18)6-12(19)15(11)21/h3-6H,7,21H2,1-2H3,(H,22,23). The Bertz CT molecular complexity index is 830. The van der Waals surface area contributed by atoms with Crippen LogP contribution in [-0.4, -0.2) is 18.5 Å². The number of halogens is 3. The zero-order valence-corrected chi connectivity index (χ0v) is 15.7. The minimum Gasteiger partial charge on any atom is -0.452 e. The Labute approximate surface area is 160 Å². The summed E-state index contributed by atoms with van der Waals surface area (Å²) in [6, 6.07) is 6.33. The number of hydrogen-bond acceptors (Lipinski definition) is 4. The van der Waals surface area contributed by atoms with Crippen LogP contribution >= 0.6 is 34.8 Å². The van der Waals surface area contributed by atoms with Crippen molar-refractivity contribution in [2.24, 2.45) is 0 Å². The van der Waals surface area contributed by atoms with Crippen molar-refractivity contribution in [3.8, 4) is 0 Å². The number of nitrogens with one attached hydrogen (secondary N) is 1. The number of ether oxygens (including phenoxy) is 1. The largest absolute Gasteiger partial charge is 0.452 e. The Morgan fingerprint density at radius 2 is 1.76 bits per heavy atom. The number of carbonyl (C=O) groups excluding carboxylic acids is 2. The average molecular weight is 402 g/mol. The molecule has 5 nitrogen and oxygen atoms in total. The maximum absolute atomic E-state index is 12.1. The fraction of sp³-hybridized carbons (Fsp3) is 0.176. The lowest BCUT2D eigenvalue weighted by molar-refractivity contribution is -0.119. The highest BCUT2D eigenvalue weighted by Gasteiger charge is 2.17. The van der Waals surface area contributed by atoms with Gasteiger partial charge in [0.2, 0.25) is 0 Å². The van der Waals surface area contributed by atoms with E-state index in [-0.39, 0.29) is 21.3 Å². The van der Waals surface area contributed by atoms with Crippen LogP contribution < -0.4 is 11.1 Å². The van der Waals surface area contributed by atoms with E-state index in [1.807, 2.05) is 19.9 Å². The fourth-order valence-electron chi connectivity index (χ4n) is 2.21. The Morgan fingerprint density at radius 1 is 1.08 bits per heavy atom. The number of nitrogen functional groups attached to an aromatic ring is 1. The van der Waals surface area contributed by atoms with Crippen LogP contribution in [0, 0.1) is 13.8 Å². The monoisotopic (exact) mass is 400 g/mol. The van der Waals surface area contributed by atoms with Crippen LogP contribution in [0.1, 0.15) is 21.5 Å². The second kappa shape index (κ2) is 7.95. The number of nitrogens with two attached hydrogens (primary N) is 1. The molecule has 1 amide bonds. The zero-order valence-electron chi connectivity index (χ0n) is 13.5. The van der Waals surface area contributed by atoms with Crippen molar-refractivity contribution in [3.63, 3.8) is 0 Å². The second-order valence-electron chi connectivity index (χ2n) is 5.41. The van der Waals surface area contributed by atoms with Gasteiger partial charge in [-0.15, -0.1) is 0 Å². The van der Waals surface area contributed by atoms with Crippen molar-refractivity contribution in [1.29, 1.82) is 0 Å². The summed E-state index contributed by atoms with van der Waals surface area (Å²) in [5.74, 6) is -1.34. The molecular weight excluding hydrogens is 387 g/mol. The van der Waals surface area contributed by atoms with E-state index >= 15 is 0 Å². The highest BCUT2D eigenvalue weighted by Crippen LogP contribution is 2.29. The van der Waals surface area contributed by atoms with Crippen molar-refractivity contribution in [1.82, 2.24) is 0 Å². The lowest BCUT2D eigenvalue weighted by Crippen LogP contribution is -2.22. The first-order valence-corrected chi connectivity index (χ1v) is 8.30. The summed E-state index contributed by atoms with van der Waals surface area (Å²) in [6.07, 6.45) is 0. The molecule has 0 unspecified atom stereocenters. The van der Waals surface area contributed by atoms with Gasteiger partial charge in [0.15, 0.2) is 6.61 Å². The molecule has 0 saturated heterocycles. The lowest BCUT2D eigenvalue weighted by Gasteiger charge is -2.12. The molecule has 0 aliphatic rings. The lowest BCUT2D eigenvalue weighted by atomic mass is 10.1. The van der Waals surface area contributed by atoms with E-state index in [9.17, 15) is 9.59 Å². The van der Waals surface area contributed by atoms with Gasteiger partial charge in [-0.3, -0.25) is 4.79 Å². The third kappa shape index (κ3) is 4.78. The Hall–Kier alpha value is -1.95. The van der Waals surface area contributed by atoms with Gasteiger partial charge in [-0.25, -0.2) is 4.79 Å². The summed E-state index contributed by atoms with van der Waals surface area (Å²) in [6.45, 7) is 3.20. The number of carbonyl (C=O) groups is 2. The molecule has 0 atom stereocenters. The van der Waals surface area contributed by atoms with E-state index in [2.05, 4.69) is 5.32 Å². The van der Waals surface area contributed by atoms with E-state index < -0.39 is 18.5 Å². The van der Waals surface area contributed by atoms with E-state index in [4.69, 9.17) is 45.3 Å². The van der Waals surface area contributed by atoms with Crippen molar-refractivity contribution in [2.45, 2.75) is 13.8 Å². The van der Waals surface area contributed by atoms with E-state index in [0.29, 0.717) is 10.7 Å². The summed E-state index contributed by atoms with van der Waals surface area (Å²) in [4.78, 5) is 24.1. The molecule has 2 rings (SSSR count). The van der Waals surface area contributed by atoms with Gasteiger partial charge in [0, 0.05) is 5.02 Å². The van der Waals surface area contributed by atoms with E-state index in [1.54, 1.807) is 6.07 Å². The fourth-order valence-corrected chi connectivity index (χ4v) is 3.07. The summed E-state index contributed by atoms with van der Waals surface area (Å²) < 4.78 is 4.97. The number of rotatable bonds is 4. The van der Waals surface area contributed by atoms with Gasteiger partial charge >= 0.3 is 5.97 Å². The minimum atomic E-state index is -0.802. The number of amides is 1. The highest BCUT2D eigenvalue weighted by atomic mass is 35.5. The first-order chi connectivity index (χ1) is 11.7. The number of aryl methyl sites for hydroxylation is 2. The predicted molar refractivity (Wildman–Crippen MR) is 101 cm³/mol. The molecule has 8 heteroatoms. The average Bonchev–Trinajstić information content (AvgIpc) is 2.52. The Morgan fingerprint density at radius 3 is 2.40 bits per heavy atom. The predicted octanol–water partition coefficient (Wildman–Crippen LogP) is 4.64. The molecule has 3 N–H and O–H groups in total. The molecule has 132 valence electrons.